The van der Waals surface area contributed by atoms with Gasteiger partial charge in [-0.15, -0.1) is 0 Å². The second-order valence-corrected chi connectivity index (χ2v) is 5.85. The van der Waals surface area contributed by atoms with Gasteiger partial charge in [0.2, 0.25) is 0 Å². The van der Waals surface area contributed by atoms with Crippen LogP contribution < -0.4 is 14.8 Å². The van der Waals surface area contributed by atoms with E-state index in [4.69, 9.17) is 14.2 Å². The fourth-order valence-corrected chi connectivity index (χ4v) is 2.58. The van der Waals surface area contributed by atoms with Crippen LogP contribution in [0.3, 0.4) is 0 Å². The van der Waals surface area contributed by atoms with E-state index >= 15 is 0 Å². The van der Waals surface area contributed by atoms with Crippen LogP contribution in [-0.2, 0) is 4.74 Å². The molecule has 5 nitrogen and oxygen atoms in total. The summed E-state index contributed by atoms with van der Waals surface area (Å²) in [5.74, 6) is 1.60. The average Bonchev–Trinajstić information content (AvgIpc) is 2.67. The molecule has 136 valence electrons. The first-order valence-corrected chi connectivity index (χ1v) is 8.57. The summed E-state index contributed by atoms with van der Waals surface area (Å²) in [4.78, 5) is 0. The summed E-state index contributed by atoms with van der Waals surface area (Å²) < 4.78 is 16.5. The van der Waals surface area contributed by atoms with Gasteiger partial charge >= 0.3 is 0 Å². The van der Waals surface area contributed by atoms with E-state index in [1.54, 1.807) is 14.2 Å². The van der Waals surface area contributed by atoms with E-state index in [2.05, 4.69) is 12.2 Å². The quantitative estimate of drug-likeness (QED) is 0.688. The Labute approximate surface area is 149 Å². The van der Waals surface area contributed by atoms with Crippen LogP contribution in [0.5, 0.6) is 11.5 Å². The number of quaternary nitrogens is 1. The van der Waals surface area contributed by atoms with E-state index in [1.165, 1.54) is 0 Å². The number of ether oxygens (including phenoxy) is 3. The van der Waals surface area contributed by atoms with Crippen molar-refractivity contribution < 1.29 is 24.6 Å². The van der Waals surface area contributed by atoms with Gasteiger partial charge in [0.15, 0.2) is 0 Å². The lowest BCUT2D eigenvalue weighted by Crippen LogP contribution is -2.86. The van der Waals surface area contributed by atoms with E-state index in [9.17, 15) is 5.11 Å². The van der Waals surface area contributed by atoms with Gasteiger partial charge in [-0.05, 0) is 42.3 Å². The van der Waals surface area contributed by atoms with Crippen molar-refractivity contribution in [1.29, 1.82) is 0 Å². The molecule has 5 heteroatoms. The van der Waals surface area contributed by atoms with Gasteiger partial charge in [-0.1, -0.05) is 24.3 Å². The molecule has 0 aliphatic heterocycles. The lowest BCUT2D eigenvalue weighted by molar-refractivity contribution is -0.658. The number of nitrogens with two attached hydrogens (primary N) is 1. The van der Waals surface area contributed by atoms with Gasteiger partial charge in [-0.3, -0.25) is 0 Å². The molecule has 0 amide bonds. The minimum Gasteiger partial charge on any atom is -0.497 e. The number of methoxy groups -OCH3 is 2. The molecule has 2 aromatic rings. The Bertz CT molecular complexity index is 565. The van der Waals surface area contributed by atoms with Crippen molar-refractivity contribution in [2.24, 2.45) is 0 Å². The predicted octanol–water partition coefficient (Wildman–Crippen LogP) is 1.75. The summed E-state index contributed by atoms with van der Waals surface area (Å²) >= 11 is 0. The largest absolute Gasteiger partial charge is 0.497 e. The molecule has 0 heterocycles. The Kier molecular flexibility index (Phi) is 7.73. The molecular weight excluding hydrogens is 318 g/mol. The van der Waals surface area contributed by atoms with Crippen molar-refractivity contribution in [3.63, 3.8) is 0 Å². The summed E-state index contributed by atoms with van der Waals surface area (Å²) in [6, 6.07) is 15.6. The lowest BCUT2D eigenvalue weighted by Gasteiger charge is -2.21. The molecule has 0 aromatic heterocycles. The normalized spacial score (nSPS) is 12.2. The first kappa shape index (κ1) is 19.2. The minimum atomic E-state index is -0.501. The SMILES string of the molecule is CC[NH2+]C[C@@H](O)COC(c1ccc(OC)cc1)c1ccc(OC)cc1. The molecule has 0 saturated carbocycles. The predicted molar refractivity (Wildman–Crippen MR) is 97.1 cm³/mol. The molecule has 0 aliphatic carbocycles. The summed E-state index contributed by atoms with van der Waals surface area (Å²) in [6.45, 7) is 3.91. The van der Waals surface area contributed by atoms with E-state index in [1.807, 2.05) is 48.5 Å². The zero-order valence-corrected chi connectivity index (χ0v) is 15.1. The third-order valence-corrected chi connectivity index (χ3v) is 4.02. The topological polar surface area (TPSA) is 64.5 Å². The van der Waals surface area contributed by atoms with E-state index in [0.717, 1.165) is 29.2 Å². The number of benzene rings is 2. The van der Waals surface area contributed by atoms with Gasteiger partial charge in [-0.25, -0.2) is 0 Å². The number of rotatable bonds is 10. The van der Waals surface area contributed by atoms with Crippen LogP contribution in [0.25, 0.3) is 0 Å². The molecule has 0 saturated heterocycles. The van der Waals surface area contributed by atoms with Crippen molar-refractivity contribution in [2.75, 3.05) is 33.9 Å². The molecule has 1 atom stereocenters. The third-order valence-electron chi connectivity index (χ3n) is 4.02. The zero-order chi connectivity index (χ0) is 18.1. The molecule has 0 bridgehead atoms. The molecule has 2 rings (SSSR count). The van der Waals surface area contributed by atoms with Crippen molar-refractivity contribution in [1.82, 2.24) is 0 Å². The molecule has 0 unspecified atom stereocenters. The summed E-state index contributed by atoms with van der Waals surface area (Å²) in [5.41, 5.74) is 2.02. The van der Waals surface area contributed by atoms with Crippen LogP contribution in [0.4, 0.5) is 0 Å². The van der Waals surface area contributed by atoms with Crippen molar-refractivity contribution in [2.45, 2.75) is 19.1 Å². The molecule has 0 aliphatic rings. The number of hydrogen-bond acceptors (Lipinski definition) is 4. The molecular formula is C20H28NO4+. The van der Waals surface area contributed by atoms with Crippen molar-refractivity contribution in [3.8, 4) is 11.5 Å². The lowest BCUT2D eigenvalue weighted by atomic mass is 10.0. The van der Waals surface area contributed by atoms with E-state index in [0.29, 0.717) is 6.54 Å². The highest BCUT2D eigenvalue weighted by atomic mass is 16.5. The van der Waals surface area contributed by atoms with Crippen molar-refractivity contribution >= 4 is 0 Å². The Hall–Kier alpha value is -2.08. The third kappa shape index (κ3) is 5.74. The summed E-state index contributed by atoms with van der Waals surface area (Å²) in [7, 11) is 3.29. The first-order valence-electron chi connectivity index (χ1n) is 8.57. The molecule has 3 N–H and O–H groups in total. The first-order chi connectivity index (χ1) is 12.2. The van der Waals surface area contributed by atoms with Gasteiger partial charge in [0.1, 0.15) is 30.3 Å². The zero-order valence-electron chi connectivity index (χ0n) is 15.1. The van der Waals surface area contributed by atoms with E-state index < -0.39 is 6.10 Å². The molecule has 2 aromatic carbocycles. The van der Waals surface area contributed by atoms with Gasteiger partial charge in [0.25, 0.3) is 0 Å². The monoisotopic (exact) mass is 346 g/mol. The van der Waals surface area contributed by atoms with Gasteiger partial charge in [-0.2, -0.15) is 0 Å². The Morgan fingerprint density at radius 3 is 1.76 bits per heavy atom. The fraction of sp³-hybridized carbons (Fsp3) is 0.400. The maximum Gasteiger partial charge on any atom is 0.126 e. The highest BCUT2D eigenvalue weighted by Gasteiger charge is 2.18. The smallest absolute Gasteiger partial charge is 0.126 e. The second kappa shape index (κ2) is 10.0. The standard InChI is InChI=1S/C20H27NO4/c1-4-21-13-17(22)14-25-20(15-5-9-18(23-2)10-6-15)16-7-11-19(24-3)12-8-16/h5-12,17,20-22H,4,13-14H2,1-3H3/p+1/t17-/m1/s1. The molecule has 25 heavy (non-hydrogen) atoms. The molecule has 0 fully saturated rings. The Morgan fingerprint density at radius 1 is 0.880 bits per heavy atom. The van der Waals surface area contributed by atoms with E-state index in [-0.39, 0.29) is 12.7 Å². The highest BCUT2D eigenvalue weighted by molar-refractivity contribution is 5.36. The number of hydrogen-bond donors (Lipinski definition) is 2. The van der Waals surface area contributed by atoms with Crippen molar-refractivity contribution in [3.05, 3.63) is 59.7 Å². The number of likely N-dealkylation sites (N-methyl/N-ethyl adjacent to an activating group) is 1. The second-order valence-electron chi connectivity index (χ2n) is 5.85. The summed E-state index contributed by atoms with van der Waals surface area (Å²) in [5, 5.41) is 12.2. The van der Waals surface area contributed by atoms with Crippen LogP contribution >= 0.6 is 0 Å². The number of aliphatic hydroxyl groups is 1. The van der Waals surface area contributed by atoms with Crippen LogP contribution in [0.15, 0.2) is 48.5 Å². The van der Waals surface area contributed by atoms with Crippen LogP contribution in [0.1, 0.15) is 24.2 Å². The van der Waals surface area contributed by atoms with Gasteiger partial charge in [0, 0.05) is 0 Å². The maximum atomic E-state index is 10.1. The van der Waals surface area contributed by atoms with Gasteiger partial charge < -0.3 is 24.6 Å². The van der Waals surface area contributed by atoms with Gasteiger partial charge in [0.05, 0.1) is 27.4 Å². The van der Waals surface area contributed by atoms with Crippen LogP contribution in [0, 0.1) is 0 Å². The molecule has 0 radical (unpaired) electrons. The highest BCUT2D eigenvalue weighted by Crippen LogP contribution is 2.29. The maximum absolute atomic E-state index is 10.1. The summed E-state index contributed by atoms with van der Waals surface area (Å²) in [6.07, 6.45) is -0.757. The fourth-order valence-electron chi connectivity index (χ4n) is 2.58. The van der Waals surface area contributed by atoms with Crippen LogP contribution in [0.2, 0.25) is 0 Å². The van der Waals surface area contributed by atoms with Crippen LogP contribution in [-0.4, -0.2) is 45.1 Å². The number of aliphatic hydroxyl groups excluding tert-OH is 1. The minimum absolute atomic E-state index is 0.256. The Balaban J connectivity index is 2.17. The molecule has 0 spiro atoms. The average molecular weight is 346 g/mol. The Morgan fingerprint density at radius 2 is 1.36 bits per heavy atom.